The Bertz CT molecular complexity index is 102. The normalized spacial score (nSPS) is 3.87. The Labute approximate surface area is 146 Å². The van der Waals surface area contributed by atoms with E-state index in [0.717, 1.165) is 0 Å². The molecule has 0 unspecified atom stereocenters. The first-order chi connectivity index (χ1) is 2.00. The van der Waals surface area contributed by atoms with Crippen LogP contribution in [0.5, 0.6) is 0 Å². The van der Waals surface area contributed by atoms with Gasteiger partial charge in [0.25, 0.3) is 0 Å². The van der Waals surface area contributed by atoms with Gasteiger partial charge in [-0.15, -0.1) is 0 Å². The number of hydrogen-bond donors (Lipinski definition) is 2. The average molecular weight is 299 g/mol. The average Bonchev–Trinajstić information content (AvgIpc) is 0.722. The number of hydrogen-bond acceptors (Lipinski definition) is 2. The SMILES string of the molecule is O.O.O.O.O.O.O.O=S(=O)(O)O.[MgH2].[NaH].[NaH]. The van der Waals surface area contributed by atoms with Crippen molar-refractivity contribution >= 4 is 92.6 Å². The van der Waals surface area contributed by atoms with E-state index in [1.807, 2.05) is 0 Å². The molecule has 0 aromatic carbocycles. The second-order valence-corrected chi connectivity index (χ2v) is 1.34. The first kappa shape index (κ1) is 115. The molecule has 0 aliphatic heterocycles. The molecule has 0 saturated heterocycles. The zero-order valence-corrected chi connectivity index (χ0v) is 6.44. The molecule has 96 valence electrons. The molecular weight excluding hydrogens is 278 g/mol. The van der Waals surface area contributed by atoms with Gasteiger partial charge in [0.2, 0.25) is 0 Å². The molecule has 15 heavy (non-hydrogen) atoms. The van der Waals surface area contributed by atoms with Crippen molar-refractivity contribution in [1.29, 1.82) is 0 Å². The molecule has 0 saturated carbocycles. The summed E-state index contributed by atoms with van der Waals surface area (Å²) in [6, 6.07) is 0. The molecule has 11 nitrogen and oxygen atoms in total. The Hall–Kier alpha value is 2.36. The van der Waals surface area contributed by atoms with Gasteiger partial charge in [-0.1, -0.05) is 0 Å². The van der Waals surface area contributed by atoms with Crippen molar-refractivity contribution in [1.82, 2.24) is 0 Å². The van der Waals surface area contributed by atoms with Crippen LogP contribution in [0.1, 0.15) is 0 Å². The van der Waals surface area contributed by atoms with Crippen molar-refractivity contribution < 1.29 is 55.9 Å². The summed E-state index contributed by atoms with van der Waals surface area (Å²) < 4.78 is 31.6. The van der Waals surface area contributed by atoms with Crippen molar-refractivity contribution in [3.05, 3.63) is 0 Å². The summed E-state index contributed by atoms with van der Waals surface area (Å²) >= 11 is 0. The molecule has 0 bridgehead atoms. The molecule has 0 aromatic heterocycles. The van der Waals surface area contributed by atoms with E-state index < -0.39 is 10.4 Å². The first-order valence-corrected chi connectivity index (χ1v) is 2.10. The molecule has 16 N–H and O–H groups in total. The van der Waals surface area contributed by atoms with Crippen LogP contribution in [0.15, 0.2) is 0 Å². The van der Waals surface area contributed by atoms with Gasteiger partial charge in [0.1, 0.15) is 0 Å². The van der Waals surface area contributed by atoms with Crippen LogP contribution in [0.3, 0.4) is 0 Å². The molecule has 0 fully saturated rings. The van der Waals surface area contributed by atoms with Crippen LogP contribution >= 0.6 is 0 Å². The molecule has 0 radical (unpaired) electrons. The van der Waals surface area contributed by atoms with E-state index >= 15 is 0 Å². The third-order valence-electron chi connectivity index (χ3n) is 0. The predicted octanol–water partition coefficient (Wildman–Crippen LogP) is -8.64. The minimum atomic E-state index is -4.67. The summed E-state index contributed by atoms with van der Waals surface area (Å²) in [4.78, 5) is 0. The van der Waals surface area contributed by atoms with Crippen LogP contribution in [0.25, 0.3) is 0 Å². The van der Waals surface area contributed by atoms with Crippen LogP contribution in [-0.4, -0.2) is 138 Å². The zero-order chi connectivity index (χ0) is 4.50. The fourth-order valence-electron chi connectivity index (χ4n) is 0. The van der Waals surface area contributed by atoms with Gasteiger partial charge in [0, 0.05) is 0 Å². The standard InChI is InChI=1S/Mg.2Na.H2O4S.7H2O.4H/c;;;1-5(2,3)4;;;;;;;;;;;/h;;;(H2,1,2,3,4);7*1H2;;;;. The van der Waals surface area contributed by atoms with E-state index in [0.29, 0.717) is 0 Å². The summed E-state index contributed by atoms with van der Waals surface area (Å²) in [7, 11) is -4.67. The summed E-state index contributed by atoms with van der Waals surface area (Å²) in [5.74, 6) is 0. The number of rotatable bonds is 0. The molecular formula is H20MgNa2O11S. The maximum atomic E-state index is 8.74. The second kappa shape index (κ2) is 55.2. The van der Waals surface area contributed by atoms with Gasteiger partial charge >= 0.3 is 92.6 Å². The van der Waals surface area contributed by atoms with Crippen LogP contribution in [0, 0.1) is 0 Å². The molecule has 0 aliphatic rings. The van der Waals surface area contributed by atoms with Crippen LogP contribution in [0.2, 0.25) is 0 Å². The first-order valence-electron chi connectivity index (χ1n) is 0.698. The fraction of sp³-hybridized carbons (Fsp3) is 0. The zero-order valence-electron chi connectivity index (χ0n) is 5.62. The van der Waals surface area contributed by atoms with Crippen molar-refractivity contribution in [3.8, 4) is 0 Å². The summed E-state index contributed by atoms with van der Waals surface area (Å²) in [5.41, 5.74) is 0. The Morgan fingerprint density at radius 2 is 0.600 bits per heavy atom. The summed E-state index contributed by atoms with van der Waals surface area (Å²) in [5, 5.41) is 0. The van der Waals surface area contributed by atoms with Gasteiger partial charge in [-0.2, -0.15) is 8.42 Å². The Morgan fingerprint density at radius 3 is 0.600 bits per heavy atom. The van der Waals surface area contributed by atoms with Crippen LogP contribution in [-0.2, 0) is 10.4 Å². The Kier molecular flexibility index (Phi) is 423. The third kappa shape index (κ3) is 607. The van der Waals surface area contributed by atoms with Crippen LogP contribution < -0.4 is 0 Å². The molecule has 0 spiro atoms. The van der Waals surface area contributed by atoms with Crippen molar-refractivity contribution in [2.75, 3.05) is 0 Å². The molecule has 0 heterocycles. The van der Waals surface area contributed by atoms with E-state index in [1.165, 1.54) is 0 Å². The Morgan fingerprint density at radius 1 is 0.600 bits per heavy atom. The van der Waals surface area contributed by atoms with Gasteiger partial charge in [-0.25, -0.2) is 0 Å². The molecule has 15 heteroatoms. The predicted molar refractivity (Wildman–Crippen MR) is 62.3 cm³/mol. The van der Waals surface area contributed by atoms with Gasteiger partial charge in [-0.3, -0.25) is 9.11 Å². The van der Waals surface area contributed by atoms with Gasteiger partial charge < -0.3 is 38.3 Å². The monoisotopic (exact) mass is 298 g/mol. The molecule has 0 aromatic rings. The van der Waals surface area contributed by atoms with E-state index in [-0.39, 0.29) is 121 Å². The fourth-order valence-corrected chi connectivity index (χ4v) is 0. The van der Waals surface area contributed by atoms with Crippen LogP contribution in [0.4, 0.5) is 0 Å². The van der Waals surface area contributed by atoms with Gasteiger partial charge in [0.05, 0.1) is 0 Å². The minimum absolute atomic E-state index is 0. The molecule has 0 atom stereocenters. The van der Waals surface area contributed by atoms with E-state index in [4.69, 9.17) is 17.5 Å². The van der Waals surface area contributed by atoms with Crippen molar-refractivity contribution in [2.45, 2.75) is 0 Å². The van der Waals surface area contributed by atoms with E-state index in [2.05, 4.69) is 0 Å². The molecule has 0 aliphatic carbocycles. The van der Waals surface area contributed by atoms with E-state index in [1.54, 1.807) is 0 Å². The topological polar surface area (TPSA) is 295 Å². The molecule has 0 rings (SSSR count). The van der Waals surface area contributed by atoms with Gasteiger partial charge in [-0.05, 0) is 0 Å². The van der Waals surface area contributed by atoms with Crippen molar-refractivity contribution in [3.63, 3.8) is 0 Å². The maximum absolute atomic E-state index is 8.74. The quantitative estimate of drug-likeness (QED) is 0.324. The van der Waals surface area contributed by atoms with Gasteiger partial charge in [0.15, 0.2) is 0 Å². The van der Waals surface area contributed by atoms with Crippen molar-refractivity contribution in [2.24, 2.45) is 0 Å². The summed E-state index contributed by atoms with van der Waals surface area (Å²) in [6.45, 7) is 0. The molecule has 0 amide bonds. The third-order valence-corrected chi connectivity index (χ3v) is 0. The summed E-state index contributed by atoms with van der Waals surface area (Å²) in [6.07, 6.45) is 0. The van der Waals surface area contributed by atoms with E-state index in [9.17, 15) is 0 Å². The Balaban J connectivity index is -0.00000000178. The second-order valence-electron chi connectivity index (χ2n) is 0.448.